The highest BCUT2D eigenvalue weighted by molar-refractivity contribution is 4.85. The van der Waals surface area contributed by atoms with E-state index in [4.69, 9.17) is 0 Å². The van der Waals surface area contributed by atoms with E-state index in [9.17, 15) is 13.2 Å². The van der Waals surface area contributed by atoms with E-state index < -0.39 is 12.6 Å². The largest absolute Gasteiger partial charge is 0.389 e. The maximum Gasteiger partial charge on any atom is 0.389 e. The second-order valence-electron chi connectivity index (χ2n) is 4.60. The Morgan fingerprint density at radius 3 is 2.33 bits per heavy atom. The van der Waals surface area contributed by atoms with Crippen LogP contribution in [0.25, 0.3) is 0 Å². The fraction of sp³-hybridized carbons (Fsp3) is 1.00. The summed E-state index contributed by atoms with van der Waals surface area (Å²) in [6.45, 7) is 2.15. The van der Waals surface area contributed by atoms with Gasteiger partial charge in [0.2, 0.25) is 0 Å². The maximum atomic E-state index is 12.0. The van der Waals surface area contributed by atoms with E-state index in [1.165, 1.54) is 12.8 Å². The number of nitrogens with one attached hydrogen (secondary N) is 1. The van der Waals surface area contributed by atoms with E-state index >= 15 is 0 Å². The van der Waals surface area contributed by atoms with E-state index in [1.807, 2.05) is 7.05 Å². The molecule has 1 nitrogen and oxygen atoms in total. The zero-order valence-electron chi connectivity index (χ0n) is 9.40. The Kier molecular flexibility index (Phi) is 4.44. The molecule has 90 valence electrons. The van der Waals surface area contributed by atoms with E-state index in [1.54, 1.807) is 0 Å². The maximum absolute atomic E-state index is 12.0. The highest BCUT2D eigenvalue weighted by Gasteiger charge is 2.33. The third kappa shape index (κ3) is 4.87. The van der Waals surface area contributed by atoms with Gasteiger partial charge in [0, 0.05) is 12.5 Å². The van der Waals surface area contributed by atoms with Crippen LogP contribution in [0.4, 0.5) is 13.2 Å². The van der Waals surface area contributed by atoms with Crippen LogP contribution in [0.2, 0.25) is 0 Å². The van der Waals surface area contributed by atoms with Gasteiger partial charge >= 0.3 is 6.18 Å². The highest BCUT2D eigenvalue weighted by Crippen LogP contribution is 2.39. The molecule has 15 heavy (non-hydrogen) atoms. The van der Waals surface area contributed by atoms with Crippen LogP contribution >= 0.6 is 0 Å². The Morgan fingerprint density at radius 1 is 1.33 bits per heavy atom. The minimum atomic E-state index is -4.00. The normalized spacial score (nSPS) is 21.4. The van der Waals surface area contributed by atoms with Crippen LogP contribution in [0.5, 0.6) is 0 Å². The first-order valence-corrected chi connectivity index (χ1v) is 5.68. The molecule has 0 amide bonds. The molecule has 0 heterocycles. The second kappa shape index (κ2) is 5.19. The molecule has 1 saturated carbocycles. The fourth-order valence-corrected chi connectivity index (χ4v) is 2.14. The molecular formula is C11H20F3N. The van der Waals surface area contributed by atoms with E-state index in [0.29, 0.717) is 12.3 Å². The lowest BCUT2D eigenvalue weighted by molar-refractivity contribution is -0.136. The van der Waals surface area contributed by atoms with Crippen LogP contribution in [0.15, 0.2) is 0 Å². The first-order chi connectivity index (χ1) is 6.94. The van der Waals surface area contributed by atoms with Crippen molar-refractivity contribution in [1.82, 2.24) is 5.32 Å². The van der Waals surface area contributed by atoms with Crippen LogP contribution in [0.3, 0.4) is 0 Å². The summed E-state index contributed by atoms with van der Waals surface area (Å²) in [6.07, 6.45) is -1.28. The third-order valence-electron chi connectivity index (χ3n) is 3.35. The van der Waals surface area contributed by atoms with Gasteiger partial charge < -0.3 is 5.32 Å². The zero-order valence-corrected chi connectivity index (χ0v) is 9.40. The van der Waals surface area contributed by atoms with Crippen molar-refractivity contribution in [3.05, 3.63) is 0 Å². The van der Waals surface area contributed by atoms with Crippen molar-refractivity contribution < 1.29 is 13.2 Å². The van der Waals surface area contributed by atoms with Gasteiger partial charge in [0.25, 0.3) is 0 Å². The first kappa shape index (κ1) is 12.8. The Labute approximate surface area is 89.4 Å². The van der Waals surface area contributed by atoms with Gasteiger partial charge in [-0.1, -0.05) is 6.92 Å². The topological polar surface area (TPSA) is 12.0 Å². The SMILES string of the molecule is CNC(CCCC(F)(F)F)C(C)C1CC1. The van der Waals surface area contributed by atoms with Crippen molar-refractivity contribution in [2.45, 2.75) is 51.2 Å². The summed E-state index contributed by atoms with van der Waals surface area (Å²) in [5.41, 5.74) is 0. The Balaban J connectivity index is 2.21. The van der Waals surface area contributed by atoms with Gasteiger partial charge in [0.1, 0.15) is 0 Å². The fourth-order valence-electron chi connectivity index (χ4n) is 2.14. The van der Waals surface area contributed by atoms with Gasteiger partial charge in [-0.25, -0.2) is 0 Å². The summed E-state index contributed by atoms with van der Waals surface area (Å²) in [7, 11) is 1.84. The number of rotatable bonds is 6. The molecule has 1 aliphatic rings. The molecule has 1 rings (SSSR count). The summed E-state index contributed by atoms with van der Waals surface area (Å²) in [4.78, 5) is 0. The quantitative estimate of drug-likeness (QED) is 0.728. The van der Waals surface area contributed by atoms with Crippen LogP contribution in [-0.4, -0.2) is 19.3 Å². The summed E-state index contributed by atoms with van der Waals surface area (Å²) in [5.74, 6) is 1.26. The lowest BCUT2D eigenvalue weighted by atomic mass is 9.92. The van der Waals surface area contributed by atoms with Crippen molar-refractivity contribution in [3.63, 3.8) is 0 Å². The monoisotopic (exact) mass is 223 g/mol. The van der Waals surface area contributed by atoms with E-state index in [0.717, 1.165) is 5.92 Å². The molecule has 0 saturated heterocycles. The molecule has 0 radical (unpaired) electrons. The number of alkyl halides is 3. The number of halogens is 3. The molecular weight excluding hydrogens is 203 g/mol. The van der Waals surface area contributed by atoms with Gasteiger partial charge in [-0.3, -0.25) is 0 Å². The molecule has 2 unspecified atom stereocenters. The predicted molar refractivity (Wildman–Crippen MR) is 54.6 cm³/mol. The molecule has 2 atom stereocenters. The van der Waals surface area contributed by atoms with E-state index in [-0.39, 0.29) is 12.5 Å². The number of hydrogen-bond acceptors (Lipinski definition) is 1. The molecule has 1 fully saturated rings. The van der Waals surface area contributed by atoms with Gasteiger partial charge in [0.05, 0.1) is 0 Å². The molecule has 0 bridgehead atoms. The molecule has 0 aromatic carbocycles. The highest BCUT2D eigenvalue weighted by atomic mass is 19.4. The molecule has 1 N–H and O–H groups in total. The van der Waals surface area contributed by atoms with Gasteiger partial charge in [-0.2, -0.15) is 13.2 Å². The average Bonchev–Trinajstić information content (AvgIpc) is 2.92. The van der Waals surface area contributed by atoms with Crippen LogP contribution < -0.4 is 5.32 Å². The predicted octanol–water partition coefficient (Wildman–Crippen LogP) is 3.35. The van der Waals surface area contributed by atoms with Crippen LogP contribution in [0.1, 0.15) is 39.0 Å². The molecule has 0 aromatic heterocycles. The van der Waals surface area contributed by atoms with Crippen molar-refractivity contribution in [2.75, 3.05) is 7.05 Å². The molecule has 0 spiro atoms. The van der Waals surface area contributed by atoms with Crippen LogP contribution in [-0.2, 0) is 0 Å². The standard InChI is InChI=1S/C11H20F3N/c1-8(9-5-6-9)10(15-2)4-3-7-11(12,13)14/h8-10,15H,3-7H2,1-2H3. The average molecular weight is 223 g/mol. The van der Waals surface area contributed by atoms with Crippen molar-refractivity contribution >= 4 is 0 Å². The molecule has 4 heteroatoms. The van der Waals surface area contributed by atoms with Crippen LogP contribution in [0, 0.1) is 11.8 Å². The minimum absolute atomic E-state index is 0.242. The lowest BCUT2D eigenvalue weighted by Crippen LogP contribution is -2.33. The van der Waals surface area contributed by atoms with Gasteiger partial charge in [-0.15, -0.1) is 0 Å². The first-order valence-electron chi connectivity index (χ1n) is 5.68. The summed E-state index contributed by atoms with van der Waals surface area (Å²) in [6, 6.07) is 0.250. The third-order valence-corrected chi connectivity index (χ3v) is 3.35. The minimum Gasteiger partial charge on any atom is -0.317 e. The zero-order chi connectivity index (χ0) is 11.5. The molecule has 0 aliphatic heterocycles. The number of hydrogen-bond donors (Lipinski definition) is 1. The molecule has 1 aliphatic carbocycles. The summed E-state index contributed by atoms with van der Waals surface area (Å²) >= 11 is 0. The van der Waals surface area contributed by atoms with Gasteiger partial charge in [0.15, 0.2) is 0 Å². The molecule has 0 aromatic rings. The van der Waals surface area contributed by atoms with Crippen molar-refractivity contribution in [1.29, 1.82) is 0 Å². The summed E-state index contributed by atoms with van der Waals surface area (Å²) in [5, 5.41) is 3.14. The van der Waals surface area contributed by atoms with Crippen molar-refractivity contribution in [3.8, 4) is 0 Å². The second-order valence-corrected chi connectivity index (χ2v) is 4.60. The Bertz CT molecular complexity index is 187. The Hall–Kier alpha value is -0.250. The smallest absolute Gasteiger partial charge is 0.317 e. The lowest BCUT2D eigenvalue weighted by Gasteiger charge is -2.23. The van der Waals surface area contributed by atoms with Crippen molar-refractivity contribution in [2.24, 2.45) is 11.8 Å². The Morgan fingerprint density at radius 2 is 1.93 bits per heavy atom. The van der Waals surface area contributed by atoms with Gasteiger partial charge in [-0.05, 0) is 44.6 Å². The van der Waals surface area contributed by atoms with E-state index in [2.05, 4.69) is 12.2 Å². The summed E-state index contributed by atoms with van der Waals surface area (Å²) < 4.78 is 35.9.